The van der Waals surface area contributed by atoms with Gasteiger partial charge in [-0.2, -0.15) is 0 Å². The number of aliphatic hydroxyl groups excluding tert-OH is 1. The molecule has 3 aliphatic rings. The summed E-state index contributed by atoms with van der Waals surface area (Å²) < 4.78 is 0. The molecular weight excluding hydrogens is 262 g/mol. The van der Waals surface area contributed by atoms with E-state index < -0.39 is 0 Å². The van der Waals surface area contributed by atoms with Crippen molar-refractivity contribution in [2.24, 2.45) is 5.92 Å². The summed E-state index contributed by atoms with van der Waals surface area (Å²) in [6, 6.07) is 1.20. The van der Waals surface area contributed by atoms with Gasteiger partial charge in [-0.05, 0) is 57.7 Å². The van der Waals surface area contributed by atoms with Crippen molar-refractivity contribution in [3.8, 4) is 0 Å². The predicted octanol–water partition coefficient (Wildman–Crippen LogP) is 1.30. The van der Waals surface area contributed by atoms with E-state index in [-0.39, 0.29) is 12.1 Å². The fourth-order valence-corrected chi connectivity index (χ4v) is 4.55. The molecular formula is C17H33N3O. The lowest BCUT2D eigenvalue weighted by molar-refractivity contribution is 0.0801. The average Bonchev–Trinajstić information content (AvgIpc) is 3.23. The molecule has 2 unspecified atom stereocenters. The van der Waals surface area contributed by atoms with E-state index in [4.69, 9.17) is 0 Å². The summed E-state index contributed by atoms with van der Waals surface area (Å²) in [5, 5.41) is 13.9. The molecule has 2 atom stereocenters. The number of aliphatic hydroxyl groups is 1. The Morgan fingerprint density at radius 3 is 2.57 bits per heavy atom. The monoisotopic (exact) mass is 295 g/mol. The van der Waals surface area contributed by atoms with Crippen LogP contribution in [-0.2, 0) is 0 Å². The van der Waals surface area contributed by atoms with E-state index in [0.717, 1.165) is 12.6 Å². The minimum absolute atomic E-state index is 0.0675. The van der Waals surface area contributed by atoms with Crippen molar-refractivity contribution in [1.29, 1.82) is 0 Å². The van der Waals surface area contributed by atoms with Crippen LogP contribution < -0.4 is 5.32 Å². The highest BCUT2D eigenvalue weighted by atomic mass is 16.3. The first-order valence-electron chi connectivity index (χ1n) is 8.98. The van der Waals surface area contributed by atoms with Crippen molar-refractivity contribution in [1.82, 2.24) is 15.1 Å². The summed E-state index contributed by atoms with van der Waals surface area (Å²) >= 11 is 0. The molecule has 3 fully saturated rings. The van der Waals surface area contributed by atoms with Crippen LogP contribution in [0.15, 0.2) is 0 Å². The molecule has 122 valence electrons. The van der Waals surface area contributed by atoms with Crippen LogP contribution in [0.25, 0.3) is 0 Å². The number of nitrogens with zero attached hydrogens (tertiary/aromatic N) is 2. The molecule has 0 spiro atoms. The van der Waals surface area contributed by atoms with Crippen molar-refractivity contribution >= 4 is 0 Å². The Labute approximate surface area is 129 Å². The van der Waals surface area contributed by atoms with Gasteiger partial charge < -0.3 is 10.4 Å². The third-order valence-corrected chi connectivity index (χ3v) is 5.61. The standard InChI is InChI=1S/C17H33N3O/c1-14(2)18-17(13-21,15-6-7-15)12-19-8-4-10-20-9-3-5-16(20)11-19/h14-16,18,21H,3-13H2,1-2H3. The smallest absolute Gasteiger partial charge is 0.0628 e. The van der Waals surface area contributed by atoms with Gasteiger partial charge in [0.2, 0.25) is 0 Å². The SMILES string of the molecule is CC(C)NC(CO)(CN1CCCN2CCCC2C1)C1CC1. The highest BCUT2D eigenvalue weighted by Crippen LogP contribution is 2.40. The van der Waals surface area contributed by atoms with Crippen molar-refractivity contribution in [3.05, 3.63) is 0 Å². The van der Waals surface area contributed by atoms with Crippen molar-refractivity contribution in [3.63, 3.8) is 0 Å². The molecule has 1 saturated carbocycles. The zero-order valence-electron chi connectivity index (χ0n) is 13.9. The average molecular weight is 295 g/mol. The van der Waals surface area contributed by atoms with E-state index in [1.54, 1.807) is 0 Å². The first-order chi connectivity index (χ1) is 10.1. The maximum Gasteiger partial charge on any atom is 0.0628 e. The lowest BCUT2D eigenvalue weighted by Crippen LogP contribution is -2.60. The molecule has 0 amide bonds. The van der Waals surface area contributed by atoms with Gasteiger partial charge in [0.05, 0.1) is 12.1 Å². The van der Waals surface area contributed by atoms with Crippen LogP contribution in [0, 0.1) is 5.92 Å². The lowest BCUT2D eigenvalue weighted by atomic mass is 9.92. The van der Waals surface area contributed by atoms with E-state index in [0.29, 0.717) is 12.0 Å². The van der Waals surface area contributed by atoms with Gasteiger partial charge in [-0.1, -0.05) is 13.8 Å². The fourth-order valence-electron chi connectivity index (χ4n) is 4.55. The number of hydrogen-bond acceptors (Lipinski definition) is 4. The summed E-state index contributed by atoms with van der Waals surface area (Å²) in [5.41, 5.74) is -0.0675. The van der Waals surface area contributed by atoms with Crippen LogP contribution in [0.1, 0.15) is 46.0 Å². The van der Waals surface area contributed by atoms with Crippen LogP contribution in [0.3, 0.4) is 0 Å². The molecule has 2 saturated heterocycles. The minimum Gasteiger partial charge on any atom is -0.394 e. The van der Waals surface area contributed by atoms with Gasteiger partial charge >= 0.3 is 0 Å². The third kappa shape index (κ3) is 3.61. The highest BCUT2D eigenvalue weighted by molar-refractivity contribution is 5.04. The second kappa shape index (κ2) is 6.53. The summed E-state index contributed by atoms with van der Waals surface area (Å²) in [7, 11) is 0. The van der Waals surface area contributed by atoms with Gasteiger partial charge in [0, 0.05) is 25.2 Å². The summed E-state index contributed by atoms with van der Waals surface area (Å²) in [5.74, 6) is 0.674. The molecule has 0 aromatic rings. The molecule has 0 aromatic heterocycles. The number of fused-ring (bicyclic) bond motifs is 1. The first-order valence-corrected chi connectivity index (χ1v) is 8.98. The topological polar surface area (TPSA) is 38.7 Å². The van der Waals surface area contributed by atoms with Crippen LogP contribution in [0.5, 0.6) is 0 Å². The quantitative estimate of drug-likeness (QED) is 0.775. The Morgan fingerprint density at radius 1 is 1.14 bits per heavy atom. The predicted molar refractivity (Wildman–Crippen MR) is 86.5 cm³/mol. The number of hydrogen-bond donors (Lipinski definition) is 2. The molecule has 0 radical (unpaired) electrons. The molecule has 4 nitrogen and oxygen atoms in total. The Kier molecular flexibility index (Phi) is 4.89. The zero-order valence-corrected chi connectivity index (χ0v) is 13.9. The van der Waals surface area contributed by atoms with Gasteiger partial charge in [0.1, 0.15) is 0 Å². The third-order valence-electron chi connectivity index (χ3n) is 5.61. The van der Waals surface area contributed by atoms with E-state index in [1.165, 1.54) is 58.3 Å². The first kappa shape index (κ1) is 15.7. The molecule has 2 N–H and O–H groups in total. The van der Waals surface area contributed by atoms with Crippen LogP contribution in [0.2, 0.25) is 0 Å². The van der Waals surface area contributed by atoms with Crippen LogP contribution in [-0.4, -0.2) is 71.9 Å². The van der Waals surface area contributed by atoms with Crippen LogP contribution in [0.4, 0.5) is 0 Å². The maximum absolute atomic E-state index is 10.1. The Bertz CT molecular complexity index is 345. The molecule has 2 heterocycles. The molecule has 3 rings (SSSR count). The molecule has 1 aliphatic carbocycles. The van der Waals surface area contributed by atoms with Crippen molar-refractivity contribution < 1.29 is 5.11 Å². The van der Waals surface area contributed by atoms with Gasteiger partial charge in [0.15, 0.2) is 0 Å². The Hall–Kier alpha value is -0.160. The van der Waals surface area contributed by atoms with Crippen LogP contribution >= 0.6 is 0 Å². The molecule has 0 aromatic carbocycles. The van der Waals surface area contributed by atoms with Gasteiger partial charge in [-0.15, -0.1) is 0 Å². The molecule has 4 heteroatoms. The normalized spacial score (nSPS) is 31.1. The van der Waals surface area contributed by atoms with Gasteiger partial charge in [0.25, 0.3) is 0 Å². The maximum atomic E-state index is 10.1. The summed E-state index contributed by atoms with van der Waals surface area (Å²) in [4.78, 5) is 5.33. The van der Waals surface area contributed by atoms with E-state index in [2.05, 4.69) is 29.0 Å². The zero-order chi connectivity index (χ0) is 14.9. The number of nitrogens with one attached hydrogen (secondary N) is 1. The van der Waals surface area contributed by atoms with E-state index in [9.17, 15) is 5.11 Å². The fraction of sp³-hybridized carbons (Fsp3) is 1.00. The van der Waals surface area contributed by atoms with E-state index >= 15 is 0 Å². The van der Waals surface area contributed by atoms with Crippen molar-refractivity contribution in [2.45, 2.75) is 63.6 Å². The minimum atomic E-state index is -0.0675. The Morgan fingerprint density at radius 2 is 1.90 bits per heavy atom. The van der Waals surface area contributed by atoms with Gasteiger partial charge in [-0.25, -0.2) is 0 Å². The van der Waals surface area contributed by atoms with E-state index in [1.807, 2.05) is 0 Å². The Balaban J connectivity index is 1.66. The highest BCUT2D eigenvalue weighted by Gasteiger charge is 2.46. The number of rotatable bonds is 6. The van der Waals surface area contributed by atoms with Crippen molar-refractivity contribution in [2.75, 3.05) is 39.3 Å². The lowest BCUT2D eigenvalue weighted by Gasteiger charge is -2.40. The van der Waals surface area contributed by atoms with Gasteiger partial charge in [-0.3, -0.25) is 9.80 Å². The largest absolute Gasteiger partial charge is 0.394 e. The molecule has 21 heavy (non-hydrogen) atoms. The molecule has 2 aliphatic heterocycles. The summed E-state index contributed by atoms with van der Waals surface area (Å²) in [6.07, 6.45) is 6.58. The second-order valence-corrected chi connectivity index (χ2v) is 7.81. The second-order valence-electron chi connectivity index (χ2n) is 7.81. The summed E-state index contributed by atoms with van der Waals surface area (Å²) in [6.45, 7) is 10.7. The molecule has 0 bridgehead atoms.